The van der Waals surface area contributed by atoms with Crippen LogP contribution in [0.5, 0.6) is 5.75 Å². The quantitative estimate of drug-likeness (QED) is 0.119. The maximum Gasteiger partial charge on any atom is 0.274 e. The SMILES string of the molecule is CN(CCCCCCCCC1CCCC1)Cc1cccc(OCCn2ccc3ccc(C(=O)NO)cc32)c1. The Morgan fingerprint density at radius 1 is 1.03 bits per heavy atom. The Labute approximate surface area is 227 Å². The lowest BCUT2D eigenvalue weighted by Crippen LogP contribution is -2.19. The summed E-state index contributed by atoms with van der Waals surface area (Å²) in [5, 5.41) is 9.96. The molecule has 1 heterocycles. The van der Waals surface area contributed by atoms with Crippen molar-refractivity contribution in [2.45, 2.75) is 83.7 Å². The van der Waals surface area contributed by atoms with Gasteiger partial charge < -0.3 is 14.2 Å². The van der Waals surface area contributed by atoms with Gasteiger partial charge in [-0.05, 0) is 67.2 Å². The van der Waals surface area contributed by atoms with Crippen LogP contribution in [-0.2, 0) is 13.1 Å². The first-order valence-electron chi connectivity index (χ1n) is 14.6. The molecule has 0 spiro atoms. The van der Waals surface area contributed by atoms with E-state index in [1.54, 1.807) is 17.6 Å². The highest BCUT2D eigenvalue weighted by atomic mass is 16.5. The number of benzene rings is 2. The molecule has 38 heavy (non-hydrogen) atoms. The van der Waals surface area contributed by atoms with Gasteiger partial charge in [0.1, 0.15) is 12.4 Å². The number of ether oxygens (including phenoxy) is 1. The Balaban J connectivity index is 1.13. The van der Waals surface area contributed by atoms with Crippen molar-refractivity contribution in [1.82, 2.24) is 14.9 Å². The van der Waals surface area contributed by atoms with Crippen LogP contribution in [-0.4, -0.2) is 40.8 Å². The third-order valence-electron chi connectivity index (χ3n) is 7.97. The third-order valence-corrected chi connectivity index (χ3v) is 7.97. The van der Waals surface area contributed by atoms with Gasteiger partial charge >= 0.3 is 0 Å². The van der Waals surface area contributed by atoms with Gasteiger partial charge in [-0.1, -0.05) is 82.4 Å². The molecule has 1 aromatic heterocycles. The Bertz CT molecular complexity index is 1140. The monoisotopic (exact) mass is 519 g/mol. The fourth-order valence-electron chi connectivity index (χ4n) is 5.79. The van der Waals surface area contributed by atoms with E-state index in [0.29, 0.717) is 18.7 Å². The predicted octanol–water partition coefficient (Wildman–Crippen LogP) is 7.19. The highest BCUT2D eigenvalue weighted by molar-refractivity contribution is 5.97. The molecule has 0 saturated heterocycles. The largest absolute Gasteiger partial charge is 0.492 e. The summed E-state index contributed by atoms with van der Waals surface area (Å²) in [5.41, 5.74) is 4.32. The number of fused-ring (bicyclic) bond motifs is 1. The van der Waals surface area contributed by atoms with Gasteiger partial charge in [-0.2, -0.15) is 0 Å². The maximum atomic E-state index is 11.8. The smallest absolute Gasteiger partial charge is 0.274 e. The summed E-state index contributed by atoms with van der Waals surface area (Å²) < 4.78 is 8.13. The first-order valence-corrected chi connectivity index (χ1v) is 14.6. The van der Waals surface area contributed by atoms with Crippen LogP contribution in [0.2, 0.25) is 0 Å². The van der Waals surface area contributed by atoms with E-state index in [4.69, 9.17) is 9.94 Å². The molecule has 2 N–H and O–H groups in total. The topological polar surface area (TPSA) is 66.7 Å². The van der Waals surface area contributed by atoms with Crippen LogP contribution in [0.25, 0.3) is 10.9 Å². The van der Waals surface area contributed by atoms with Gasteiger partial charge in [-0.3, -0.25) is 10.0 Å². The molecule has 1 aliphatic rings. The predicted molar refractivity (Wildman–Crippen MR) is 154 cm³/mol. The molecule has 1 saturated carbocycles. The summed E-state index contributed by atoms with van der Waals surface area (Å²) in [6.45, 7) is 3.25. The fraction of sp³-hybridized carbons (Fsp3) is 0.531. The van der Waals surface area contributed by atoms with Crippen LogP contribution in [0, 0.1) is 5.92 Å². The van der Waals surface area contributed by atoms with Crippen molar-refractivity contribution in [3.05, 3.63) is 65.9 Å². The molecule has 1 aliphatic carbocycles. The zero-order valence-electron chi connectivity index (χ0n) is 23.0. The number of carbonyl (C=O) groups excluding carboxylic acids is 1. The molecule has 1 amide bonds. The second kappa shape index (κ2) is 14.9. The van der Waals surface area contributed by atoms with Crippen molar-refractivity contribution in [3.8, 4) is 5.75 Å². The summed E-state index contributed by atoms with van der Waals surface area (Å²) >= 11 is 0. The molecule has 0 bridgehead atoms. The van der Waals surface area contributed by atoms with E-state index in [-0.39, 0.29) is 0 Å². The van der Waals surface area contributed by atoms with Gasteiger partial charge in [0.15, 0.2) is 0 Å². The van der Waals surface area contributed by atoms with E-state index in [1.807, 2.05) is 24.4 Å². The second-order valence-electron chi connectivity index (χ2n) is 11.0. The Hall–Kier alpha value is -2.83. The number of amides is 1. The van der Waals surface area contributed by atoms with Crippen molar-refractivity contribution in [1.29, 1.82) is 0 Å². The van der Waals surface area contributed by atoms with E-state index in [9.17, 15) is 4.79 Å². The van der Waals surface area contributed by atoms with Gasteiger partial charge in [0.2, 0.25) is 0 Å². The number of hydroxylamine groups is 1. The average molecular weight is 520 g/mol. The van der Waals surface area contributed by atoms with E-state index >= 15 is 0 Å². The summed E-state index contributed by atoms with van der Waals surface area (Å²) in [6.07, 6.45) is 17.6. The van der Waals surface area contributed by atoms with Crippen molar-refractivity contribution < 1.29 is 14.7 Å². The summed E-state index contributed by atoms with van der Waals surface area (Å²) in [5.74, 6) is 1.41. The van der Waals surface area contributed by atoms with E-state index in [1.165, 1.54) is 76.2 Å². The lowest BCUT2D eigenvalue weighted by molar-refractivity contribution is 0.0706. The van der Waals surface area contributed by atoms with Gasteiger partial charge in [-0.15, -0.1) is 0 Å². The summed E-state index contributed by atoms with van der Waals surface area (Å²) in [6, 6.07) is 15.8. The molecule has 0 atom stereocenters. The summed E-state index contributed by atoms with van der Waals surface area (Å²) in [4.78, 5) is 14.2. The highest BCUT2D eigenvalue weighted by Gasteiger charge is 2.14. The molecular formula is C32H45N3O3. The van der Waals surface area contributed by atoms with Crippen molar-refractivity contribution in [2.75, 3.05) is 20.2 Å². The number of carbonyl (C=O) groups is 1. The van der Waals surface area contributed by atoms with E-state index < -0.39 is 5.91 Å². The number of rotatable bonds is 16. The number of nitrogens with zero attached hydrogens (tertiary/aromatic N) is 2. The molecule has 3 aromatic rings. The Kier molecular flexibility index (Phi) is 11.1. The molecule has 0 aliphatic heterocycles. The van der Waals surface area contributed by atoms with Crippen LogP contribution in [0.1, 0.15) is 86.6 Å². The molecular weight excluding hydrogens is 474 g/mol. The van der Waals surface area contributed by atoms with Gasteiger partial charge in [0.25, 0.3) is 5.91 Å². The summed E-state index contributed by atoms with van der Waals surface area (Å²) in [7, 11) is 2.21. The fourth-order valence-corrected chi connectivity index (χ4v) is 5.79. The lowest BCUT2D eigenvalue weighted by atomic mass is 9.99. The minimum Gasteiger partial charge on any atom is -0.492 e. The van der Waals surface area contributed by atoms with E-state index in [0.717, 1.165) is 35.7 Å². The molecule has 2 aromatic carbocycles. The van der Waals surface area contributed by atoms with Gasteiger partial charge in [0.05, 0.1) is 6.54 Å². The van der Waals surface area contributed by atoms with E-state index in [2.05, 4.69) is 34.7 Å². The third kappa shape index (κ3) is 8.60. The minimum absolute atomic E-state index is 0.423. The van der Waals surface area contributed by atoms with Crippen molar-refractivity contribution in [3.63, 3.8) is 0 Å². The minimum atomic E-state index is -0.512. The highest BCUT2D eigenvalue weighted by Crippen LogP contribution is 2.29. The van der Waals surface area contributed by atoms with Crippen molar-refractivity contribution in [2.24, 2.45) is 5.92 Å². The lowest BCUT2D eigenvalue weighted by Gasteiger charge is -2.17. The number of hydrogen-bond donors (Lipinski definition) is 2. The van der Waals surface area contributed by atoms with Crippen LogP contribution < -0.4 is 10.2 Å². The molecule has 6 heteroatoms. The molecule has 0 radical (unpaired) electrons. The molecule has 6 nitrogen and oxygen atoms in total. The zero-order chi connectivity index (χ0) is 26.6. The van der Waals surface area contributed by atoms with Crippen LogP contribution in [0.3, 0.4) is 0 Å². The number of nitrogens with one attached hydrogen (secondary N) is 1. The number of unbranched alkanes of at least 4 members (excludes halogenated alkanes) is 5. The maximum absolute atomic E-state index is 11.8. The van der Waals surface area contributed by atoms with Gasteiger partial charge in [0, 0.05) is 23.8 Å². The van der Waals surface area contributed by atoms with Crippen LogP contribution >= 0.6 is 0 Å². The van der Waals surface area contributed by atoms with Gasteiger partial charge in [-0.25, -0.2) is 5.48 Å². The Morgan fingerprint density at radius 2 is 1.82 bits per heavy atom. The van der Waals surface area contributed by atoms with Crippen molar-refractivity contribution >= 4 is 16.8 Å². The van der Waals surface area contributed by atoms with Crippen LogP contribution in [0.4, 0.5) is 0 Å². The zero-order valence-corrected chi connectivity index (χ0v) is 23.0. The van der Waals surface area contributed by atoms with Crippen LogP contribution in [0.15, 0.2) is 54.7 Å². The number of hydrogen-bond acceptors (Lipinski definition) is 4. The normalized spacial score (nSPS) is 14.0. The first-order chi connectivity index (χ1) is 18.6. The molecule has 4 rings (SSSR count). The number of aromatic nitrogens is 1. The molecule has 0 unspecified atom stereocenters. The second-order valence-corrected chi connectivity index (χ2v) is 11.0. The Morgan fingerprint density at radius 3 is 2.63 bits per heavy atom. The average Bonchev–Trinajstić information content (AvgIpc) is 3.60. The first kappa shape index (κ1) is 28.2. The molecule has 206 valence electrons. The standard InChI is InChI=1S/C32H45N3O3/c1-34(19-9-5-3-2-4-6-11-26-12-7-8-13-26)25-27-14-10-15-30(23-27)38-22-21-35-20-18-28-16-17-29(24-31(28)35)32(36)33-37/h10,14-18,20,23-24,26,37H,2-9,11-13,19,21-22,25H2,1H3,(H,33,36). The molecule has 1 fully saturated rings.